The lowest BCUT2D eigenvalue weighted by molar-refractivity contribution is 0.0951. The van der Waals surface area contributed by atoms with Crippen LogP contribution in [0.3, 0.4) is 0 Å². The van der Waals surface area contributed by atoms with Crippen molar-refractivity contribution in [2.75, 3.05) is 6.54 Å². The van der Waals surface area contributed by atoms with E-state index in [0.29, 0.717) is 12.1 Å². The van der Waals surface area contributed by atoms with Gasteiger partial charge in [-0.15, -0.1) is 0 Å². The van der Waals surface area contributed by atoms with Gasteiger partial charge in [-0.05, 0) is 17.5 Å². The minimum Gasteiger partial charge on any atom is -0.351 e. The lowest BCUT2D eigenvalue weighted by atomic mass is 10.0. The number of nitrogens with one attached hydrogen (secondary N) is 1. The van der Waals surface area contributed by atoms with Crippen molar-refractivity contribution in [3.05, 3.63) is 63.9 Å². The highest BCUT2D eigenvalue weighted by atomic mass is 35.5. The van der Waals surface area contributed by atoms with E-state index in [0.717, 1.165) is 0 Å². The number of halogens is 2. The number of carbonyl (C=O) groups excluding carboxylic acids is 1. The van der Waals surface area contributed by atoms with Crippen LogP contribution in [-0.2, 0) is 0 Å². The fourth-order valence-corrected chi connectivity index (χ4v) is 2.06. The zero-order valence-corrected chi connectivity index (χ0v) is 12.4. The van der Waals surface area contributed by atoms with Crippen molar-refractivity contribution < 1.29 is 4.79 Å². The van der Waals surface area contributed by atoms with Gasteiger partial charge in [-0.25, -0.2) is 4.98 Å². The predicted molar refractivity (Wildman–Crippen MR) is 81.4 cm³/mol. The topological polar surface area (TPSA) is 42.0 Å². The van der Waals surface area contributed by atoms with Gasteiger partial charge < -0.3 is 5.32 Å². The molecular weight excluding hydrogens is 295 g/mol. The lowest BCUT2D eigenvalue weighted by Crippen LogP contribution is -2.27. The van der Waals surface area contributed by atoms with Gasteiger partial charge in [0, 0.05) is 12.7 Å². The summed E-state index contributed by atoms with van der Waals surface area (Å²) in [6.07, 6.45) is 1.41. The average molecular weight is 309 g/mol. The standard InChI is InChI=1S/C15H14Cl2N2O/c1-10(11-5-3-2-4-6-11)8-19-15(20)12-7-13(16)14(17)18-9-12/h2-7,9-10H,8H2,1H3,(H,19,20). The van der Waals surface area contributed by atoms with Crippen LogP contribution in [0, 0.1) is 0 Å². The zero-order chi connectivity index (χ0) is 14.5. The summed E-state index contributed by atoms with van der Waals surface area (Å²) in [7, 11) is 0. The summed E-state index contributed by atoms with van der Waals surface area (Å²) < 4.78 is 0. The maximum atomic E-state index is 12.0. The number of amides is 1. The van der Waals surface area contributed by atoms with Crippen LogP contribution in [0.1, 0.15) is 28.8 Å². The molecule has 0 spiro atoms. The Hall–Kier alpha value is -1.58. The second kappa shape index (κ2) is 6.73. The van der Waals surface area contributed by atoms with Crippen LogP contribution < -0.4 is 5.32 Å². The first kappa shape index (κ1) is 14.8. The molecule has 2 rings (SSSR count). The Morgan fingerprint density at radius 1 is 1.30 bits per heavy atom. The lowest BCUT2D eigenvalue weighted by Gasteiger charge is -2.13. The van der Waals surface area contributed by atoms with E-state index in [1.54, 1.807) is 0 Å². The van der Waals surface area contributed by atoms with E-state index in [1.165, 1.54) is 17.8 Å². The molecule has 0 fully saturated rings. The minimum absolute atomic E-state index is 0.195. The smallest absolute Gasteiger partial charge is 0.252 e. The molecular formula is C15H14Cl2N2O. The first-order valence-electron chi connectivity index (χ1n) is 6.22. The fraction of sp³-hybridized carbons (Fsp3) is 0.200. The zero-order valence-electron chi connectivity index (χ0n) is 10.9. The number of nitrogens with zero attached hydrogens (tertiary/aromatic N) is 1. The van der Waals surface area contributed by atoms with Gasteiger partial charge >= 0.3 is 0 Å². The second-order valence-electron chi connectivity index (χ2n) is 4.52. The maximum Gasteiger partial charge on any atom is 0.252 e. The number of rotatable bonds is 4. The molecule has 1 unspecified atom stereocenters. The van der Waals surface area contributed by atoms with Crippen molar-refractivity contribution >= 4 is 29.1 Å². The van der Waals surface area contributed by atoms with Crippen molar-refractivity contribution in [3.63, 3.8) is 0 Å². The molecule has 0 radical (unpaired) electrons. The molecule has 1 aromatic heterocycles. The Balaban J connectivity index is 1.97. The van der Waals surface area contributed by atoms with Crippen molar-refractivity contribution in [1.29, 1.82) is 0 Å². The van der Waals surface area contributed by atoms with Crippen LogP contribution in [0.5, 0.6) is 0 Å². The van der Waals surface area contributed by atoms with Crippen LogP contribution >= 0.6 is 23.2 Å². The summed E-state index contributed by atoms with van der Waals surface area (Å²) in [6.45, 7) is 2.60. The molecule has 0 saturated carbocycles. The number of benzene rings is 1. The third kappa shape index (κ3) is 3.71. The van der Waals surface area contributed by atoms with Crippen LogP contribution in [0.25, 0.3) is 0 Å². The van der Waals surface area contributed by atoms with Gasteiger partial charge in [0.15, 0.2) is 0 Å². The third-order valence-corrected chi connectivity index (χ3v) is 3.68. The number of carbonyl (C=O) groups is 1. The van der Waals surface area contributed by atoms with Crippen molar-refractivity contribution in [1.82, 2.24) is 10.3 Å². The Kier molecular flexibility index (Phi) is 4.99. The fourth-order valence-electron chi connectivity index (χ4n) is 1.79. The maximum absolute atomic E-state index is 12.0. The van der Waals surface area contributed by atoms with E-state index in [1.807, 2.05) is 30.3 Å². The Bertz CT molecular complexity index is 602. The summed E-state index contributed by atoms with van der Waals surface area (Å²) >= 11 is 11.6. The van der Waals surface area contributed by atoms with Crippen LogP contribution in [-0.4, -0.2) is 17.4 Å². The van der Waals surface area contributed by atoms with Crippen molar-refractivity contribution in [2.45, 2.75) is 12.8 Å². The van der Waals surface area contributed by atoms with E-state index in [-0.39, 0.29) is 22.0 Å². The van der Waals surface area contributed by atoms with E-state index < -0.39 is 0 Å². The molecule has 0 aliphatic rings. The van der Waals surface area contributed by atoms with Gasteiger partial charge in [0.25, 0.3) is 5.91 Å². The second-order valence-corrected chi connectivity index (χ2v) is 5.28. The molecule has 20 heavy (non-hydrogen) atoms. The van der Waals surface area contributed by atoms with E-state index in [4.69, 9.17) is 23.2 Å². The summed E-state index contributed by atoms with van der Waals surface area (Å²) in [5, 5.41) is 3.33. The molecule has 2 aromatic rings. The predicted octanol–water partition coefficient (Wildman–Crippen LogP) is 3.92. The van der Waals surface area contributed by atoms with Gasteiger partial charge in [0.2, 0.25) is 0 Å². The Morgan fingerprint density at radius 2 is 2.00 bits per heavy atom. The van der Waals surface area contributed by atoms with Crippen LogP contribution in [0.2, 0.25) is 10.2 Å². The molecule has 1 N–H and O–H groups in total. The van der Waals surface area contributed by atoms with Gasteiger partial charge in [0.05, 0.1) is 10.6 Å². The summed E-state index contributed by atoms with van der Waals surface area (Å²) in [4.78, 5) is 15.8. The van der Waals surface area contributed by atoms with Gasteiger partial charge in [-0.1, -0.05) is 60.5 Å². The summed E-state index contributed by atoms with van der Waals surface area (Å²) in [6, 6.07) is 11.5. The quantitative estimate of drug-likeness (QED) is 0.870. The molecule has 1 heterocycles. The molecule has 1 amide bonds. The summed E-state index contributed by atoms with van der Waals surface area (Å²) in [5.41, 5.74) is 1.58. The highest BCUT2D eigenvalue weighted by molar-refractivity contribution is 6.41. The number of aromatic nitrogens is 1. The Morgan fingerprint density at radius 3 is 2.65 bits per heavy atom. The normalized spacial score (nSPS) is 11.9. The molecule has 0 bridgehead atoms. The first-order chi connectivity index (χ1) is 9.58. The third-order valence-electron chi connectivity index (χ3n) is 3.00. The highest BCUT2D eigenvalue weighted by Gasteiger charge is 2.11. The van der Waals surface area contributed by atoms with Crippen molar-refractivity contribution in [3.8, 4) is 0 Å². The number of hydrogen-bond acceptors (Lipinski definition) is 2. The number of pyridine rings is 1. The molecule has 1 atom stereocenters. The molecule has 0 saturated heterocycles. The molecule has 0 aliphatic heterocycles. The van der Waals surface area contributed by atoms with Gasteiger partial charge in [-0.2, -0.15) is 0 Å². The SMILES string of the molecule is CC(CNC(=O)c1cnc(Cl)c(Cl)c1)c1ccccc1. The monoisotopic (exact) mass is 308 g/mol. The molecule has 1 aromatic carbocycles. The molecule has 5 heteroatoms. The average Bonchev–Trinajstić information content (AvgIpc) is 2.48. The molecule has 104 valence electrons. The summed E-state index contributed by atoms with van der Waals surface area (Å²) in [5.74, 6) is 0.0229. The van der Waals surface area contributed by atoms with Crippen LogP contribution in [0.4, 0.5) is 0 Å². The number of hydrogen-bond donors (Lipinski definition) is 1. The van der Waals surface area contributed by atoms with Gasteiger partial charge in [0.1, 0.15) is 5.15 Å². The van der Waals surface area contributed by atoms with Crippen molar-refractivity contribution in [2.24, 2.45) is 0 Å². The van der Waals surface area contributed by atoms with Gasteiger partial charge in [-0.3, -0.25) is 4.79 Å². The highest BCUT2D eigenvalue weighted by Crippen LogP contribution is 2.20. The van der Waals surface area contributed by atoms with E-state index in [2.05, 4.69) is 17.2 Å². The first-order valence-corrected chi connectivity index (χ1v) is 6.97. The largest absolute Gasteiger partial charge is 0.351 e. The minimum atomic E-state index is -0.209. The Labute approximate surface area is 127 Å². The van der Waals surface area contributed by atoms with E-state index >= 15 is 0 Å². The molecule has 0 aliphatic carbocycles. The molecule has 3 nitrogen and oxygen atoms in total. The van der Waals surface area contributed by atoms with E-state index in [9.17, 15) is 4.79 Å². The van der Waals surface area contributed by atoms with Crippen LogP contribution in [0.15, 0.2) is 42.6 Å².